The minimum atomic E-state index is -4.41. The number of halogens is 3. The fraction of sp³-hybridized carbons (Fsp3) is 0.333. The van der Waals surface area contributed by atoms with Crippen molar-refractivity contribution in [3.63, 3.8) is 0 Å². The lowest BCUT2D eigenvalue weighted by molar-refractivity contribution is -0.193. The maximum absolute atomic E-state index is 12.3. The number of carbonyl (C=O) groups is 2. The van der Waals surface area contributed by atoms with Crippen LogP contribution in [-0.2, 0) is 9.53 Å². The van der Waals surface area contributed by atoms with Crippen molar-refractivity contribution in [2.24, 2.45) is 0 Å². The van der Waals surface area contributed by atoms with Gasteiger partial charge < -0.3 is 15.2 Å². The summed E-state index contributed by atoms with van der Waals surface area (Å²) in [6.07, 6.45) is -2.48. The van der Waals surface area contributed by atoms with Crippen molar-refractivity contribution < 1.29 is 32.6 Å². The first-order chi connectivity index (χ1) is 9.24. The molecule has 1 heterocycles. The third-order valence-electron chi connectivity index (χ3n) is 2.36. The van der Waals surface area contributed by atoms with Gasteiger partial charge in [0.2, 0.25) is 6.10 Å². The summed E-state index contributed by atoms with van der Waals surface area (Å²) in [6, 6.07) is 0. The molecule has 2 aliphatic rings. The summed E-state index contributed by atoms with van der Waals surface area (Å²) in [5.41, 5.74) is 0.503. The van der Waals surface area contributed by atoms with E-state index in [2.05, 4.69) is 0 Å². The van der Waals surface area contributed by atoms with Gasteiger partial charge in [-0.1, -0.05) is 6.08 Å². The van der Waals surface area contributed by atoms with Gasteiger partial charge in [0.05, 0.1) is 0 Å². The molecule has 1 atom stereocenters. The molecule has 1 amide bonds. The molecule has 110 valence electrons. The van der Waals surface area contributed by atoms with Gasteiger partial charge in [-0.25, -0.2) is 4.79 Å². The van der Waals surface area contributed by atoms with Crippen LogP contribution in [0.2, 0.25) is 0 Å². The summed E-state index contributed by atoms with van der Waals surface area (Å²) < 4.78 is 41.6. The van der Waals surface area contributed by atoms with Crippen LogP contribution in [-0.4, -0.2) is 36.3 Å². The van der Waals surface area contributed by atoms with Gasteiger partial charge in [0.15, 0.2) is 5.78 Å². The molecule has 0 aromatic rings. The second-order valence-electron chi connectivity index (χ2n) is 3.86. The highest BCUT2D eigenvalue weighted by Gasteiger charge is 2.41. The Morgan fingerprint density at radius 3 is 2.50 bits per heavy atom. The van der Waals surface area contributed by atoms with Crippen LogP contribution in [0.5, 0.6) is 0 Å². The van der Waals surface area contributed by atoms with E-state index in [1.165, 1.54) is 25.3 Å². The molecule has 1 aliphatic heterocycles. The first-order valence-electron chi connectivity index (χ1n) is 5.50. The fourth-order valence-electron chi connectivity index (χ4n) is 1.42. The van der Waals surface area contributed by atoms with Gasteiger partial charge in [-0.3, -0.25) is 4.79 Å². The molecule has 0 saturated carbocycles. The maximum atomic E-state index is 12.3. The van der Waals surface area contributed by atoms with Gasteiger partial charge >= 0.3 is 12.3 Å². The topological polar surface area (TPSA) is 75.6 Å². The van der Waals surface area contributed by atoms with E-state index >= 15 is 0 Å². The molecule has 1 aliphatic carbocycles. The molecule has 0 fully saturated rings. The second kappa shape index (κ2) is 6.27. The number of carboxylic acid groups (broad SMARTS) is 1. The second-order valence-corrected chi connectivity index (χ2v) is 3.86. The molecule has 8 heteroatoms. The summed E-state index contributed by atoms with van der Waals surface area (Å²) in [5.74, 6) is 0.00637. The number of carbonyl (C=O) groups excluding carboxylic acids is 1. The predicted octanol–water partition coefficient (Wildman–Crippen LogP) is 2.17. The zero-order chi connectivity index (χ0) is 15.3. The summed E-state index contributed by atoms with van der Waals surface area (Å²) in [7, 11) is 1.35. The number of rotatable bonds is 0. The maximum Gasteiger partial charge on any atom is 0.429 e. The molecule has 2 rings (SSSR count). The van der Waals surface area contributed by atoms with E-state index in [0.29, 0.717) is 5.57 Å². The van der Waals surface area contributed by atoms with Gasteiger partial charge in [0.25, 0.3) is 0 Å². The van der Waals surface area contributed by atoms with Crippen LogP contribution in [0.3, 0.4) is 0 Å². The van der Waals surface area contributed by atoms with Crippen LogP contribution in [0.25, 0.3) is 0 Å². The van der Waals surface area contributed by atoms with E-state index in [1.54, 1.807) is 0 Å². The fourth-order valence-corrected chi connectivity index (χ4v) is 1.42. The molecule has 2 N–H and O–H groups in total. The van der Waals surface area contributed by atoms with Crippen LogP contribution in [0, 0.1) is 0 Å². The molecular formula is C12H12F3NO4. The number of hydrogen-bond acceptors (Lipinski definition) is 3. The molecule has 5 nitrogen and oxygen atoms in total. The third-order valence-corrected chi connectivity index (χ3v) is 2.36. The Bertz CT molecular complexity index is 491. The Morgan fingerprint density at radius 2 is 2.00 bits per heavy atom. The van der Waals surface area contributed by atoms with E-state index in [0.717, 1.165) is 6.08 Å². The standard InChI is InChI=1S/C10H7F3O2.C2H5NO2/c11-10(12,13)9-4-1-6-5-7(14)2-3-8(6)15-9;1-3-2(4)5/h1-4,9H,5H2;3H,1H3,(H,4,5). The SMILES string of the molecule is CNC(=O)O.O=C1C=CC2=C(C=CC(C(F)(F)F)O2)C1. The zero-order valence-electron chi connectivity index (χ0n) is 10.4. The van der Waals surface area contributed by atoms with Crippen LogP contribution in [0.15, 0.2) is 35.6 Å². The van der Waals surface area contributed by atoms with E-state index < -0.39 is 18.4 Å². The Kier molecular flexibility index (Phi) is 4.95. The summed E-state index contributed by atoms with van der Waals surface area (Å²) in [5, 5.41) is 9.56. The number of allylic oxidation sites excluding steroid dienone is 4. The van der Waals surface area contributed by atoms with Crippen molar-refractivity contribution >= 4 is 11.9 Å². The molecule has 0 saturated heterocycles. The number of alkyl halides is 3. The largest absolute Gasteiger partial charge is 0.476 e. The number of nitrogens with one attached hydrogen (secondary N) is 1. The van der Waals surface area contributed by atoms with Crippen molar-refractivity contribution in [3.8, 4) is 0 Å². The molecular weight excluding hydrogens is 279 g/mol. The lowest BCUT2D eigenvalue weighted by Crippen LogP contribution is -2.31. The molecule has 0 aromatic heterocycles. The molecule has 0 spiro atoms. The van der Waals surface area contributed by atoms with Crippen molar-refractivity contribution in [1.82, 2.24) is 5.32 Å². The Morgan fingerprint density at radius 1 is 1.40 bits per heavy atom. The highest BCUT2D eigenvalue weighted by molar-refractivity contribution is 5.94. The molecule has 0 bridgehead atoms. The summed E-state index contributed by atoms with van der Waals surface area (Å²) >= 11 is 0. The Balaban J connectivity index is 0.000000347. The Labute approximate surface area is 112 Å². The minimum Gasteiger partial charge on any atom is -0.476 e. The number of amides is 1. The monoisotopic (exact) mass is 291 g/mol. The Hall–Kier alpha value is -2.25. The summed E-state index contributed by atoms with van der Waals surface area (Å²) in [4.78, 5) is 20.2. The van der Waals surface area contributed by atoms with Crippen LogP contribution in [0.4, 0.5) is 18.0 Å². The highest BCUT2D eigenvalue weighted by Crippen LogP contribution is 2.32. The lowest BCUT2D eigenvalue weighted by atomic mass is 9.99. The minimum absolute atomic E-state index is 0.104. The zero-order valence-corrected chi connectivity index (χ0v) is 10.4. The first kappa shape index (κ1) is 15.8. The van der Waals surface area contributed by atoms with E-state index in [9.17, 15) is 22.8 Å². The van der Waals surface area contributed by atoms with Gasteiger partial charge in [0, 0.05) is 19.0 Å². The van der Waals surface area contributed by atoms with Crippen molar-refractivity contribution in [1.29, 1.82) is 0 Å². The van der Waals surface area contributed by atoms with Crippen molar-refractivity contribution in [2.75, 3.05) is 7.05 Å². The summed E-state index contributed by atoms with van der Waals surface area (Å²) in [6.45, 7) is 0. The molecule has 1 unspecified atom stereocenters. The smallest absolute Gasteiger partial charge is 0.429 e. The van der Waals surface area contributed by atoms with Crippen LogP contribution in [0.1, 0.15) is 6.42 Å². The normalized spacial score (nSPS) is 20.6. The number of ether oxygens (including phenoxy) is 1. The first-order valence-corrected chi connectivity index (χ1v) is 5.50. The van der Waals surface area contributed by atoms with Gasteiger partial charge in [-0.05, 0) is 18.2 Å². The quantitative estimate of drug-likeness (QED) is 0.717. The van der Waals surface area contributed by atoms with Crippen molar-refractivity contribution in [3.05, 3.63) is 35.6 Å². The highest BCUT2D eigenvalue weighted by atomic mass is 19.4. The molecule has 0 aromatic carbocycles. The van der Waals surface area contributed by atoms with E-state index in [4.69, 9.17) is 9.84 Å². The molecule has 0 radical (unpaired) electrons. The van der Waals surface area contributed by atoms with Gasteiger partial charge in [-0.15, -0.1) is 0 Å². The lowest BCUT2D eigenvalue weighted by Gasteiger charge is -2.25. The van der Waals surface area contributed by atoms with Crippen LogP contribution >= 0.6 is 0 Å². The van der Waals surface area contributed by atoms with Crippen molar-refractivity contribution in [2.45, 2.75) is 18.7 Å². The predicted molar refractivity (Wildman–Crippen MR) is 62.9 cm³/mol. The van der Waals surface area contributed by atoms with Gasteiger partial charge in [0.1, 0.15) is 5.76 Å². The number of hydrogen-bond donors (Lipinski definition) is 2. The molecule has 20 heavy (non-hydrogen) atoms. The third kappa shape index (κ3) is 4.45. The van der Waals surface area contributed by atoms with Gasteiger partial charge in [-0.2, -0.15) is 13.2 Å². The average Bonchev–Trinajstić information content (AvgIpc) is 2.37. The van der Waals surface area contributed by atoms with E-state index in [-0.39, 0.29) is 18.0 Å². The average molecular weight is 291 g/mol. The van der Waals surface area contributed by atoms with Crippen LogP contribution < -0.4 is 5.32 Å². The van der Waals surface area contributed by atoms with E-state index in [1.807, 2.05) is 5.32 Å². The number of ketones is 1.